The summed E-state index contributed by atoms with van der Waals surface area (Å²) in [6.07, 6.45) is 21.8. The van der Waals surface area contributed by atoms with Gasteiger partial charge in [-0.3, -0.25) is 4.57 Å². The van der Waals surface area contributed by atoms with Crippen molar-refractivity contribution in [2.45, 2.75) is 90.4 Å². The molecule has 142 valence electrons. The molecule has 0 aliphatic rings. The van der Waals surface area contributed by atoms with Gasteiger partial charge in [0.25, 0.3) is 0 Å². The first-order chi connectivity index (χ1) is 11.6. The third-order valence-electron chi connectivity index (χ3n) is 4.19. The van der Waals surface area contributed by atoms with Crippen LogP contribution in [0.3, 0.4) is 0 Å². The second-order valence-corrected chi connectivity index (χ2v) is 8.54. The first-order valence-corrected chi connectivity index (χ1v) is 11.6. The zero-order chi connectivity index (χ0) is 17.9. The lowest BCUT2D eigenvalue weighted by molar-refractivity contribution is 0.286. The maximum atomic E-state index is 11.8. The molecule has 0 saturated heterocycles. The Morgan fingerprint density at radius 3 is 1.79 bits per heavy atom. The molecule has 0 radical (unpaired) electrons. The number of unbranched alkanes of at least 4 members (excludes halogenated alkanes) is 12. The van der Waals surface area contributed by atoms with Crippen LogP contribution in [0.1, 0.15) is 90.4 Å². The predicted octanol–water partition coefficient (Wildman–Crippen LogP) is 7.02. The summed E-state index contributed by atoms with van der Waals surface area (Å²) < 4.78 is 16.8. The molecule has 4 heteroatoms. The Kier molecular flexibility index (Phi) is 17.2. The van der Waals surface area contributed by atoms with E-state index >= 15 is 0 Å². The standard InChI is InChI=1S/C20H39O3P/c1-3-5-7-8-9-10-11-12-13-14-15-16-18-20-24(21,22)23-19-17-6-4-2/h4,6,17H,2-3,5,7-16,18-20H2,1H3,(H,21,22). The van der Waals surface area contributed by atoms with E-state index in [-0.39, 0.29) is 12.8 Å². The first kappa shape index (κ1) is 23.6. The molecule has 24 heavy (non-hydrogen) atoms. The molecule has 0 aromatic rings. The molecule has 0 aliphatic carbocycles. The van der Waals surface area contributed by atoms with Crippen LogP contribution in [-0.2, 0) is 9.09 Å². The molecule has 0 aliphatic heterocycles. The molecule has 0 bridgehead atoms. The third kappa shape index (κ3) is 18.0. The number of allylic oxidation sites excluding steroid dienone is 2. The van der Waals surface area contributed by atoms with Crippen LogP contribution in [0.4, 0.5) is 0 Å². The first-order valence-electron chi connectivity index (χ1n) is 9.86. The maximum absolute atomic E-state index is 11.8. The van der Waals surface area contributed by atoms with Gasteiger partial charge < -0.3 is 9.42 Å². The van der Waals surface area contributed by atoms with E-state index < -0.39 is 7.60 Å². The molecular formula is C20H39O3P. The van der Waals surface area contributed by atoms with Gasteiger partial charge in [-0.2, -0.15) is 0 Å². The quantitative estimate of drug-likeness (QED) is 0.163. The van der Waals surface area contributed by atoms with Crippen LogP contribution in [0, 0.1) is 0 Å². The van der Waals surface area contributed by atoms with Gasteiger partial charge in [-0.25, -0.2) is 0 Å². The lowest BCUT2D eigenvalue weighted by atomic mass is 10.1. The minimum absolute atomic E-state index is 0.179. The van der Waals surface area contributed by atoms with Crippen molar-refractivity contribution in [3.63, 3.8) is 0 Å². The molecule has 0 saturated carbocycles. The van der Waals surface area contributed by atoms with Crippen LogP contribution in [0.5, 0.6) is 0 Å². The monoisotopic (exact) mass is 358 g/mol. The van der Waals surface area contributed by atoms with Crippen LogP contribution in [0.2, 0.25) is 0 Å². The van der Waals surface area contributed by atoms with E-state index in [0.29, 0.717) is 0 Å². The van der Waals surface area contributed by atoms with Crippen LogP contribution >= 0.6 is 7.60 Å². The van der Waals surface area contributed by atoms with E-state index in [0.717, 1.165) is 19.3 Å². The zero-order valence-electron chi connectivity index (χ0n) is 15.8. The minimum atomic E-state index is -3.40. The molecule has 1 atom stereocenters. The largest absolute Gasteiger partial charge is 0.328 e. The van der Waals surface area contributed by atoms with E-state index in [4.69, 9.17) is 4.52 Å². The maximum Gasteiger partial charge on any atom is 0.328 e. The van der Waals surface area contributed by atoms with Crippen molar-refractivity contribution in [2.24, 2.45) is 0 Å². The summed E-state index contributed by atoms with van der Waals surface area (Å²) in [4.78, 5) is 9.66. The Balaban J connectivity index is 3.30. The fourth-order valence-corrected chi connectivity index (χ4v) is 3.78. The molecule has 0 amide bonds. The van der Waals surface area contributed by atoms with E-state index in [1.54, 1.807) is 18.2 Å². The van der Waals surface area contributed by atoms with Gasteiger partial charge >= 0.3 is 7.60 Å². The highest BCUT2D eigenvalue weighted by atomic mass is 31.2. The topological polar surface area (TPSA) is 46.5 Å². The van der Waals surface area contributed by atoms with Gasteiger partial charge in [0.2, 0.25) is 0 Å². The molecule has 0 rings (SSSR count). The Bertz CT molecular complexity index is 353. The summed E-state index contributed by atoms with van der Waals surface area (Å²) in [6.45, 7) is 5.97. The van der Waals surface area contributed by atoms with Crippen molar-refractivity contribution >= 4 is 7.60 Å². The fraction of sp³-hybridized carbons (Fsp3) is 0.800. The Morgan fingerprint density at radius 2 is 1.33 bits per heavy atom. The lowest BCUT2D eigenvalue weighted by Gasteiger charge is -2.10. The van der Waals surface area contributed by atoms with E-state index in [2.05, 4.69) is 13.5 Å². The molecule has 0 heterocycles. The Morgan fingerprint density at radius 1 is 0.875 bits per heavy atom. The van der Waals surface area contributed by atoms with Gasteiger partial charge in [-0.1, -0.05) is 109 Å². The molecule has 0 aromatic heterocycles. The second-order valence-electron chi connectivity index (χ2n) is 6.56. The zero-order valence-corrected chi connectivity index (χ0v) is 16.7. The predicted molar refractivity (Wildman–Crippen MR) is 106 cm³/mol. The normalized spacial score (nSPS) is 14.1. The van der Waals surface area contributed by atoms with Crippen molar-refractivity contribution < 1.29 is 14.0 Å². The number of hydrogen-bond acceptors (Lipinski definition) is 2. The van der Waals surface area contributed by atoms with Gasteiger partial charge in [-0.15, -0.1) is 0 Å². The highest BCUT2D eigenvalue weighted by Gasteiger charge is 2.17. The van der Waals surface area contributed by atoms with Crippen LogP contribution in [0.25, 0.3) is 0 Å². The van der Waals surface area contributed by atoms with Gasteiger partial charge in [0.15, 0.2) is 0 Å². The molecule has 0 spiro atoms. The van der Waals surface area contributed by atoms with Crippen LogP contribution < -0.4 is 0 Å². The van der Waals surface area contributed by atoms with E-state index in [9.17, 15) is 9.46 Å². The van der Waals surface area contributed by atoms with Gasteiger partial charge in [-0.05, 0) is 6.42 Å². The molecular weight excluding hydrogens is 319 g/mol. The average molecular weight is 359 g/mol. The molecule has 1 N–H and O–H groups in total. The summed E-state index contributed by atoms with van der Waals surface area (Å²) in [6, 6.07) is 0. The Labute approximate surface area is 150 Å². The van der Waals surface area contributed by atoms with Gasteiger partial charge in [0.05, 0.1) is 6.61 Å². The SMILES string of the molecule is C=CC=CCOP(=O)(O)CCCCCCCCCCCCCCC. The fourth-order valence-electron chi connectivity index (χ4n) is 2.71. The Hall–Kier alpha value is -0.370. The van der Waals surface area contributed by atoms with Crippen molar-refractivity contribution in [3.8, 4) is 0 Å². The van der Waals surface area contributed by atoms with E-state index in [1.807, 2.05) is 0 Å². The van der Waals surface area contributed by atoms with Crippen LogP contribution in [-0.4, -0.2) is 17.7 Å². The van der Waals surface area contributed by atoms with Crippen LogP contribution in [0.15, 0.2) is 24.8 Å². The summed E-state index contributed by atoms with van der Waals surface area (Å²) in [5.74, 6) is 0. The average Bonchev–Trinajstić information content (AvgIpc) is 2.56. The molecule has 0 fully saturated rings. The number of rotatable bonds is 18. The minimum Gasteiger partial charge on any atom is -0.324 e. The smallest absolute Gasteiger partial charge is 0.324 e. The van der Waals surface area contributed by atoms with E-state index in [1.165, 1.54) is 64.2 Å². The molecule has 0 aromatic carbocycles. The summed E-state index contributed by atoms with van der Waals surface area (Å²) in [7, 11) is -3.40. The molecule has 3 nitrogen and oxygen atoms in total. The second kappa shape index (κ2) is 17.5. The van der Waals surface area contributed by atoms with Gasteiger partial charge in [0, 0.05) is 6.16 Å². The lowest BCUT2D eigenvalue weighted by Crippen LogP contribution is -1.95. The third-order valence-corrected chi connectivity index (χ3v) is 5.62. The molecule has 1 unspecified atom stereocenters. The summed E-state index contributed by atoms with van der Waals surface area (Å²) >= 11 is 0. The van der Waals surface area contributed by atoms with Crippen molar-refractivity contribution in [1.82, 2.24) is 0 Å². The van der Waals surface area contributed by atoms with Crippen molar-refractivity contribution in [3.05, 3.63) is 24.8 Å². The number of hydrogen-bond donors (Lipinski definition) is 1. The highest BCUT2D eigenvalue weighted by molar-refractivity contribution is 7.52. The summed E-state index contributed by atoms with van der Waals surface area (Å²) in [5.41, 5.74) is 0. The van der Waals surface area contributed by atoms with Crippen molar-refractivity contribution in [2.75, 3.05) is 12.8 Å². The summed E-state index contributed by atoms with van der Waals surface area (Å²) in [5, 5.41) is 0. The van der Waals surface area contributed by atoms with Gasteiger partial charge in [0.1, 0.15) is 0 Å². The van der Waals surface area contributed by atoms with Crippen molar-refractivity contribution in [1.29, 1.82) is 0 Å². The highest BCUT2D eigenvalue weighted by Crippen LogP contribution is 2.42.